The molecule has 1 aromatic carbocycles. The van der Waals surface area contributed by atoms with Crippen molar-refractivity contribution in [2.45, 2.75) is 24.0 Å². The Bertz CT molecular complexity index is 862. The van der Waals surface area contributed by atoms with Gasteiger partial charge >= 0.3 is 0 Å². The van der Waals surface area contributed by atoms with Crippen molar-refractivity contribution in [3.63, 3.8) is 0 Å². The minimum atomic E-state index is -3.53. The summed E-state index contributed by atoms with van der Waals surface area (Å²) in [5, 5.41) is 8.64. The lowest BCUT2D eigenvalue weighted by Crippen LogP contribution is -2.37. The topological polar surface area (TPSA) is 88.8 Å². The third kappa shape index (κ3) is 5.12. The molecule has 0 saturated carbocycles. The molecule has 10 heteroatoms. The van der Waals surface area contributed by atoms with Crippen LogP contribution in [0.1, 0.15) is 13.8 Å². The summed E-state index contributed by atoms with van der Waals surface area (Å²) in [7, 11) is -3.53. The standard InChI is InChI=1S/C18H26N4O4S2/c1-3-22(4-2)28(23,24)16-7-5-6-15(14-16)17-19-20-18(26-17)27-13-10-21-8-11-25-12-9-21/h5-7,14H,3-4,8-13H2,1-2H3. The Morgan fingerprint density at radius 3 is 2.64 bits per heavy atom. The van der Waals surface area contributed by atoms with Crippen LogP contribution in [0.3, 0.4) is 0 Å². The number of sulfonamides is 1. The molecule has 0 bridgehead atoms. The van der Waals surface area contributed by atoms with E-state index in [4.69, 9.17) is 9.15 Å². The molecule has 8 nitrogen and oxygen atoms in total. The van der Waals surface area contributed by atoms with Crippen molar-refractivity contribution >= 4 is 21.8 Å². The van der Waals surface area contributed by atoms with E-state index in [-0.39, 0.29) is 4.90 Å². The third-order valence-corrected chi connectivity index (χ3v) is 7.41. The van der Waals surface area contributed by atoms with Gasteiger partial charge in [0.25, 0.3) is 5.22 Å². The molecular formula is C18H26N4O4S2. The van der Waals surface area contributed by atoms with Gasteiger partial charge in [0.05, 0.1) is 18.1 Å². The molecule has 1 saturated heterocycles. The van der Waals surface area contributed by atoms with Crippen LogP contribution >= 0.6 is 11.8 Å². The first-order valence-electron chi connectivity index (χ1n) is 9.41. The summed E-state index contributed by atoms with van der Waals surface area (Å²) in [6, 6.07) is 6.65. The highest BCUT2D eigenvalue weighted by atomic mass is 32.2. The van der Waals surface area contributed by atoms with E-state index in [1.165, 1.54) is 16.1 Å². The molecule has 28 heavy (non-hydrogen) atoms. The molecule has 2 aromatic rings. The molecule has 3 rings (SSSR count). The Morgan fingerprint density at radius 2 is 1.93 bits per heavy atom. The molecule has 1 aliphatic heterocycles. The van der Waals surface area contributed by atoms with E-state index in [0.717, 1.165) is 38.6 Å². The Balaban J connectivity index is 1.66. The van der Waals surface area contributed by atoms with E-state index in [9.17, 15) is 8.42 Å². The van der Waals surface area contributed by atoms with Crippen LogP contribution in [0.5, 0.6) is 0 Å². The fourth-order valence-electron chi connectivity index (χ4n) is 2.97. The highest BCUT2D eigenvalue weighted by Gasteiger charge is 2.22. The fourth-order valence-corrected chi connectivity index (χ4v) is 5.24. The Labute approximate surface area is 170 Å². The largest absolute Gasteiger partial charge is 0.411 e. The van der Waals surface area contributed by atoms with Gasteiger partial charge in [0.2, 0.25) is 15.9 Å². The van der Waals surface area contributed by atoms with Gasteiger partial charge in [0, 0.05) is 44.0 Å². The van der Waals surface area contributed by atoms with Crippen LogP contribution in [0.25, 0.3) is 11.5 Å². The molecule has 0 atom stereocenters. The van der Waals surface area contributed by atoms with Gasteiger partial charge < -0.3 is 9.15 Å². The number of morpholine rings is 1. The van der Waals surface area contributed by atoms with Crippen molar-refractivity contribution in [1.29, 1.82) is 0 Å². The van der Waals surface area contributed by atoms with E-state index in [1.54, 1.807) is 24.3 Å². The quantitative estimate of drug-likeness (QED) is 0.564. The van der Waals surface area contributed by atoms with Crippen molar-refractivity contribution in [3.8, 4) is 11.5 Å². The maximum atomic E-state index is 12.7. The first-order valence-corrected chi connectivity index (χ1v) is 11.8. The summed E-state index contributed by atoms with van der Waals surface area (Å²) in [6.07, 6.45) is 0. The van der Waals surface area contributed by atoms with Crippen LogP contribution in [-0.4, -0.2) is 79.5 Å². The number of aromatic nitrogens is 2. The maximum absolute atomic E-state index is 12.7. The molecule has 0 aliphatic carbocycles. The van der Waals surface area contributed by atoms with Crippen molar-refractivity contribution in [2.24, 2.45) is 0 Å². The highest BCUT2D eigenvalue weighted by molar-refractivity contribution is 7.99. The minimum absolute atomic E-state index is 0.230. The number of thioether (sulfide) groups is 1. The zero-order valence-corrected chi connectivity index (χ0v) is 17.8. The van der Waals surface area contributed by atoms with Crippen molar-refractivity contribution in [3.05, 3.63) is 24.3 Å². The van der Waals surface area contributed by atoms with Crippen LogP contribution in [-0.2, 0) is 14.8 Å². The first kappa shape index (κ1) is 21.3. The minimum Gasteiger partial charge on any atom is -0.411 e. The Hall–Kier alpha value is -1.46. The molecule has 154 valence electrons. The van der Waals surface area contributed by atoms with E-state index in [2.05, 4.69) is 15.1 Å². The van der Waals surface area contributed by atoms with Crippen molar-refractivity contribution in [2.75, 3.05) is 51.7 Å². The highest BCUT2D eigenvalue weighted by Crippen LogP contribution is 2.26. The lowest BCUT2D eigenvalue weighted by molar-refractivity contribution is 0.0410. The maximum Gasteiger partial charge on any atom is 0.276 e. The molecule has 2 heterocycles. The summed E-state index contributed by atoms with van der Waals surface area (Å²) in [5.41, 5.74) is 0.598. The van der Waals surface area contributed by atoms with E-state index < -0.39 is 10.0 Å². The second-order valence-corrected chi connectivity index (χ2v) is 9.28. The van der Waals surface area contributed by atoms with Gasteiger partial charge in [0.1, 0.15) is 0 Å². The summed E-state index contributed by atoms with van der Waals surface area (Å²) in [5.74, 6) is 1.17. The normalized spacial score (nSPS) is 16.0. The average molecular weight is 427 g/mol. The van der Waals surface area contributed by atoms with Gasteiger partial charge in [-0.15, -0.1) is 10.2 Å². The molecule has 0 amide bonds. The number of hydrogen-bond donors (Lipinski definition) is 0. The van der Waals surface area contributed by atoms with E-state index >= 15 is 0 Å². The predicted octanol–water partition coefficient (Wildman–Crippen LogP) is 2.19. The van der Waals surface area contributed by atoms with Gasteiger partial charge in [-0.3, -0.25) is 4.90 Å². The average Bonchev–Trinajstić information content (AvgIpc) is 3.19. The number of benzene rings is 1. The zero-order valence-electron chi connectivity index (χ0n) is 16.2. The van der Waals surface area contributed by atoms with Crippen LogP contribution in [0, 0.1) is 0 Å². The van der Waals surface area contributed by atoms with Gasteiger partial charge in [-0.05, 0) is 18.2 Å². The monoisotopic (exact) mass is 426 g/mol. The lowest BCUT2D eigenvalue weighted by atomic mass is 10.2. The van der Waals surface area contributed by atoms with Crippen molar-refractivity contribution in [1.82, 2.24) is 19.4 Å². The second-order valence-electron chi connectivity index (χ2n) is 6.29. The van der Waals surface area contributed by atoms with Gasteiger partial charge in [-0.2, -0.15) is 4.31 Å². The smallest absolute Gasteiger partial charge is 0.276 e. The molecule has 1 fully saturated rings. The van der Waals surface area contributed by atoms with E-state index in [1.807, 2.05) is 13.8 Å². The van der Waals surface area contributed by atoms with Crippen LogP contribution in [0.15, 0.2) is 38.8 Å². The molecular weight excluding hydrogens is 400 g/mol. The molecule has 0 N–H and O–H groups in total. The number of rotatable bonds is 9. The van der Waals surface area contributed by atoms with E-state index in [0.29, 0.717) is 29.8 Å². The summed E-state index contributed by atoms with van der Waals surface area (Å²) in [4.78, 5) is 2.57. The summed E-state index contributed by atoms with van der Waals surface area (Å²) >= 11 is 1.50. The Morgan fingerprint density at radius 1 is 1.18 bits per heavy atom. The molecule has 0 radical (unpaired) electrons. The third-order valence-electron chi connectivity index (χ3n) is 4.57. The number of nitrogens with zero attached hydrogens (tertiary/aromatic N) is 4. The van der Waals surface area contributed by atoms with Crippen LogP contribution in [0.4, 0.5) is 0 Å². The van der Waals surface area contributed by atoms with Crippen LogP contribution < -0.4 is 0 Å². The molecule has 1 aromatic heterocycles. The number of hydrogen-bond acceptors (Lipinski definition) is 8. The molecule has 1 aliphatic rings. The van der Waals surface area contributed by atoms with Crippen molar-refractivity contribution < 1.29 is 17.6 Å². The van der Waals surface area contributed by atoms with Gasteiger partial charge in [-0.1, -0.05) is 31.7 Å². The Kier molecular flexibility index (Phi) is 7.47. The predicted molar refractivity (Wildman–Crippen MR) is 108 cm³/mol. The molecule has 0 unspecified atom stereocenters. The fraction of sp³-hybridized carbons (Fsp3) is 0.556. The summed E-state index contributed by atoms with van der Waals surface area (Å²) < 4.78 is 37.9. The molecule has 0 spiro atoms. The van der Waals surface area contributed by atoms with Gasteiger partial charge in [0.15, 0.2) is 0 Å². The first-order chi connectivity index (χ1) is 13.5. The van der Waals surface area contributed by atoms with Gasteiger partial charge in [-0.25, -0.2) is 8.42 Å². The second kappa shape index (κ2) is 9.84. The lowest BCUT2D eigenvalue weighted by Gasteiger charge is -2.25. The zero-order chi connectivity index (χ0) is 20.0. The SMILES string of the molecule is CCN(CC)S(=O)(=O)c1cccc(-c2nnc(SCCN3CCOCC3)o2)c1. The number of ether oxygens (including phenoxy) is 1. The van der Waals surface area contributed by atoms with Crippen LogP contribution in [0.2, 0.25) is 0 Å². The summed E-state index contributed by atoms with van der Waals surface area (Å²) in [6.45, 7) is 8.88.